The van der Waals surface area contributed by atoms with Crippen molar-refractivity contribution in [2.45, 2.75) is 26.8 Å². The molecule has 1 fully saturated rings. The first-order chi connectivity index (χ1) is 7.23. The van der Waals surface area contributed by atoms with E-state index in [4.69, 9.17) is 5.11 Å². The van der Waals surface area contributed by atoms with E-state index in [0.717, 1.165) is 4.90 Å². The summed E-state index contributed by atoms with van der Waals surface area (Å²) in [6.07, 6.45) is 0. The van der Waals surface area contributed by atoms with E-state index >= 15 is 0 Å². The number of carbonyl (C=O) groups excluding carboxylic acids is 2. The van der Waals surface area contributed by atoms with E-state index in [0.29, 0.717) is 0 Å². The summed E-state index contributed by atoms with van der Waals surface area (Å²) < 4.78 is 0. The predicted octanol–water partition coefficient (Wildman–Crippen LogP) is -0.556. The predicted molar refractivity (Wildman–Crippen MR) is 55.6 cm³/mol. The molecule has 1 aliphatic rings. The maximum atomic E-state index is 11.6. The second kappa shape index (κ2) is 4.11. The first-order valence-electron chi connectivity index (χ1n) is 5.02. The van der Waals surface area contributed by atoms with Gasteiger partial charge in [0.2, 0.25) is 11.8 Å². The summed E-state index contributed by atoms with van der Waals surface area (Å²) in [6, 6.07) is -0.981. The molecule has 1 saturated heterocycles. The summed E-state index contributed by atoms with van der Waals surface area (Å²) in [6.45, 7) is 4.87. The van der Waals surface area contributed by atoms with Gasteiger partial charge in [0, 0.05) is 0 Å². The molecule has 1 unspecified atom stereocenters. The van der Waals surface area contributed by atoms with Crippen molar-refractivity contribution in [3.05, 3.63) is 0 Å². The summed E-state index contributed by atoms with van der Waals surface area (Å²) in [5, 5.41) is 11.5. The molecule has 0 aromatic rings. The van der Waals surface area contributed by atoms with Crippen LogP contribution in [0.3, 0.4) is 0 Å². The SMILES string of the molecule is CC(C)(C)C(C(=O)O)N1CC(=O)NCC1=O. The van der Waals surface area contributed by atoms with Crippen LogP contribution in [0.2, 0.25) is 0 Å². The Morgan fingerprint density at radius 2 is 2.00 bits per heavy atom. The topological polar surface area (TPSA) is 86.7 Å². The smallest absolute Gasteiger partial charge is 0.326 e. The van der Waals surface area contributed by atoms with Crippen molar-refractivity contribution in [1.29, 1.82) is 0 Å². The zero-order chi connectivity index (χ0) is 12.5. The number of nitrogens with one attached hydrogen (secondary N) is 1. The summed E-state index contributed by atoms with van der Waals surface area (Å²) >= 11 is 0. The molecule has 0 radical (unpaired) electrons. The van der Waals surface area contributed by atoms with Gasteiger partial charge in [-0.05, 0) is 5.41 Å². The van der Waals surface area contributed by atoms with Crippen LogP contribution in [0.5, 0.6) is 0 Å². The van der Waals surface area contributed by atoms with Gasteiger partial charge in [-0.1, -0.05) is 20.8 Å². The van der Waals surface area contributed by atoms with Crippen molar-refractivity contribution in [3.8, 4) is 0 Å². The van der Waals surface area contributed by atoms with E-state index in [2.05, 4.69) is 5.32 Å². The number of aliphatic carboxylic acids is 1. The fourth-order valence-corrected chi connectivity index (χ4v) is 1.78. The van der Waals surface area contributed by atoms with Crippen LogP contribution < -0.4 is 5.32 Å². The molecule has 90 valence electrons. The van der Waals surface area contributed by atoms with Gasteiger partial charge in [0.1, 0.15) is 12.6 Å². The fraction of sp³-hybridized carbons (Fsp3) is 0.700. The molecule has 1 rings (SSSR count). The van der Waals surface area contributed by atoms with Gasteiger partial charge in [-0.15, -0.1) is 0 Å². The molecule has 1 atom stereocenters. The Bertz CT molecular complexity index is 332. The lowest BCUT2D eigenvalue weighted by Gasteiger charge is -2.38. The monoisotopic (exact) mass is 228 g/mol. The highest BCUT2D eigenvalue weighted by atomic mass is 16.4. The van der Waals surface area contributed by atoms with Crippen molar-refractivity contribution in [3.63, 3.8) is 0 Å². The van der Waals surface area contributed by atoms with Crippen LogP contribution in [0.4, 0.5) is 0 Å². The van der Waals surface area contributed by atoms with Gasteiger partial charge < -0.3 is 15.3 Å². The highest BCUT2D eigenvalue weighted by molar-refractivity contribution is 5.95. The zero-order valence-corrected chi connectivity index (χ0v) is 9.61. The Morgan fingerprint density at radius 1 is 1.44 bits per heavy atom. The Labute approximate surface area is 93.6 Å². The first kappa shape index (κ1) is 12.5. The summed E-state index contributed by atoms with van der Waals surface area (Å²) in [5.74, 6) is -1.77. The third-order valence-electron chi connectivity index (χ3n) is 2.44. The molecule has 0 aliphatic carbocycles. The van der Waals surface area contributed by atoms with E-state index in [9.17, 15) is 14.4 Å². The second-order valence-corrected chi connectivity index (χ2v) is 4.91. The van der Waals surface area contributed by atoms with Crippen LogP contribution in [-0.2, 0) is 14.4 Å². The van der Waals surface area contributed by atoms with E-state index in [1.807, 2.05) is 0 Å². The quantitative estimate of drug-likeness (QED) is 0.663. The number of hydrogen-bond donors (Lipinski definition) is 2. The number of carboxylic acid groups (broad SMARTS) is 1. The van der Waals surface area contributed by atoms with E-state index < -0.39 is 17.4 Å². The Balaban J connectivity index is 2.97. The normalized spacial score (nSPS) is 19.3. The lowest BCUT2D eigenvalue weighted by molar-refractivity contribution is -0.158. The number of piperazine rings is 1. The number of carboxylic acids is 1. The van der Waals surface area contributed by atoms with Gasteiger partial charge in [0.05, 0.1) is 6.54 Å². The maximum absolute atomic E-state index is 11.6. The number of nitrogens with zero attached hydrogens (tertiary/aromatic N) is 1. The van der Waals surface area contributed by atoms with Crippen molar-refractivity contribution in [2.75, 3.05) is 13.1 Å². The molecule has 0 aromatic carbocycles. The molecule has 0 spiro atoms. The molecular formula is C10H16N2O4. The van der Waals surface area contributed by atoms with Crippen LogP contribution >= 0.6 is 0 Å². The third-order valence-corrected chi connectivity index (χ3v) is 2.44. The average molecular weight is 228 g/mol. The minimum atomic E-state index is -1.09. The highest BCUT2D eigenvalue weighted by Gasteiger charge is 2.41. The van der Waals surface area contributed by atoms with E-state index in [-0.39, 0.29) is 24.9 Å². The molecule has 2 N–H and O–H groups in total. The molecule has 2 amide bonds. The minimum Gasteiger partial charge on any atom is -0.480 e. The molecular weight excluding hydrogens is 212 g/mol. The molecule has 1 heterocycles. The van der Waals surface area contributed by atoms with Gasteiger partial charge in [-0.25, -0.2) is 4.79 Å². The van der Waals surface area contributed by atoms with Gasteiger partial charge in [-0.2, -0.15) is 0 Å². The third kappa shape index (κ3) is 2.50. The van der Waals surface area contributed by atoms with Crippen LogP contribution in [0, 0.1) is 5.41 Å². The summed E-state index contributed by atoms with van der Waals surface area (Å²) in [4.78, 5) is 35.1. The Kier molecular flexibility index (Phi) is 3.21. The van der Waals surface area contributed by atoms with Gasteiger partial charge in [-0.3, -0.25) is 9.59 Å². The van der Waals surface area contributed by atoms with Crippen molar-refractivity contribution in [2.24, 2.45) is 5.41 Å². The van der Waals surface area contributed by atoms with Crippen molar-refractivity contribution in [1.82, 2.24) is 10.2 Å². The van der Waals surface area contributed by atoms with Crippen LogP contribution in [0.1, 0.15) is 20.8 Å². The van der Waals surface area contributed by atoms with Gasteiger partial charge in [0.25, 0.3) is 0 Å². The number of rotatable bonds is 2. The standard InChI is InChI=1S/C10H16N2O4/c1-10(2,3)8(9(15)16)12-5-6(13)11-4-7(12)14/h8H,4-5H2,1-3H3,(H,11,13)(H,15,16). The molecule has 0 bridgehead atoms. The second-order valence-electron chi connectivity index (χ2n) is 4.91. The van der Waals surface area contributed by atoms with E-state index in [1.165, 1.54) is 0 Å². The molecule has 6 heteroatoms. The van der Waals surface area contributed by atoms with Crippen molar-refractivity contribution < 1.29 is 19.5 Å². The first-order valence-corrected chi connectivity index (χ1v) is 5.02. The van der Waals surface area contributed by atoms with Gasteiger partial charge >= 0.3 is 5.97 Å². The highest BCUT2D eigenvalue weighted by Crippen LogP contribution is 2.25. The van der Waals surface area contributed by atoms with E-state index in [1.54, 1.807) is 20.8 Å². The Morgan fingerprint density at radius 3 is 2.44 bits per heavy atom. The lowest BCUT2D eigenvalue weighted by Crippen LogP contribution is -2.60. The number of amides is 2. The fourth-order valence-electron chi connectivity index (χ4n) is 1.78. The summed E-state index contributed by atoms with van der Waals surface area (Å²) in [5.41, 5.74) is -0.612. The Hall–Kier alpha value is -1.59. The molecule has 0 aromatic heterocycles. The zero-order valence-electron chi connectivity index (χ0n) is 9.61. The molecule has 6 nitrogen and oxygen atoms in total. The summed E-state index contributed by atoms with van der Waals surface area (Å²) in [7, 11) is 0. The minimum absolute atomic E-state index is 0.126. The molecule has 1 aliphatic heterocycles. The van der Waals surface area contributed by atoms with Crippen molar-refractivity contribution >= 4 is 17.8 Å². The van der Waals surface area contributed by atoms with Crippen LogP contribution in [0.15, 0.2) is 0 Å². The average Bonchev–Trinajstić information content (AvgIpc) is 2.08. The van der Waals surface area contributed by atoms with Gasteiger partial charge in [0.15, 0.2) is 0 Å². The largest absolute Gasteiger partial charge is 0.480 e. The number of hydrogen-bond acceptors (Lipinski definition) is 3. The van der Waals surface area contributed by atoms with Crippen LogP contribution in [-0.4, -0.2) is 46.9 Å². The van der Waals surface area contributed by atoms with Crippen LogP contribution in [0.25, 0.3) is 0 Å². The number of carbonyl (C=O) groups is 3. The lowest BCUT2D eigenvalue weighted by atomic mass is 9.85. The maximum Gasteiger partial charge on any atom is 0.326 e. The molecule has 16 heavy (non-hydrogen) atoms. The molecule has 0 saturated carbocycles.